The highest BCUT2D eigenvalue weighted by Gasteiger charge is 2.11. The van der Waals surface area contributed by atoms with Gasteiger partial charge in [-0.15, -0.1) is 0 Å². The van der Waals surface area contributed by atoms with Crippen molar-refractivity contribution in [1.29, 1.82) is 0 Å². The largest absolute Gasteiger partial charge is 0.394 e. The molecule has 1 unspecified atom stereocenters. The van der Waals surface area contributed by atoms with Crippen LogP contribution in [0.1, 0.15) is 12.8 Å². The Bertz CT molecular complexity index is 115. The van der Waals surface area contributed by atoms with E-state index < -0.39 is 0 Å². The predicted octanol–water partition coefficient (Wildman–Crippen LogP) is -0.236. The molecule has 1 aliphatic rings. The van der Waals surface area contributed by atoms with Crippen LogP contribution < -0.4 is 5.32 Å². The van der Waals surface area contributed by atoms with Crippen molar-refractivity contribution in [2.24, 2.45) is 0 Å². The molecule has 0 radical (unpaired) electrons. The monoisotopic (exact) mass is 189 g/mol. The minimum atomic E-state index is 0.104. The van der Waals surface area contributed by atoms with Crippen molar-refractivity contribution in [3.05, 3.63) is 0 Å². The van der Waals surface area contributed by atoms with Crippen LogP contribution in [0.2, 0.25) is 0 Å². The van der Waals surface area contributed by atoms with Crippen molar-refractivity contribution in [1.82, 2.24) is 5.32 Å². The number of rotatable bonds is 6. The maximum absolute atomic E-state index is 8.45. The van der Waals surface area contributed by atoms with Gasteiger partial charge in [0.2, 0.25) is 0 Å². The lowest BCUT2D eigenvalue weighted by molar-refractivity contribution is 0.0604. The third kappa shape index (κ3) is 5.21. The molecule has 1 heterocycles. The van der Waals surface area contributed by atoms with E-state index in [1.165, 1.54) is 6.42 Å². The van der Waals surface area contributed by atoms with Crippen LogP contribution >= 0.6 is 0 Å². The second-order valence-electron chi connectivity index (χ2n) is 3.20. The summed E-state index contributed by atoms with van der Waals surface area (Å²) in [6, 6.07) is 0.492. The molecule has 13 heavy (non-hydrogen) atoms. The van der Waals surface area contributed by atoms with Crippen LogP contribution in [0.4, 0.5) is 0 Å². The van der Waals surface area contributed by atoms with Gasteiger partial charge >= 0.3 is 0 Å². The average Bonchev–Trinajstić information content (AvgIpc) is 2.19. The lowest BCUT2D eigenvalue weighted by Crippen LogP contribution is -2.38. The number of aliphatic hydroxyl groups is 1. The number of aliphatic hydroxyl groups excluding tert-OH is 1. The summed E-state index contributed by atoms with van der Waals surface area (Å²) in [6.45, 7) is 3.76. The van der Waals surface area contributed by atoms with Crippen molar-refractivity contribution in [3.63, 3.8) is 0 Å². The SMILES string of the molecule is OCCOCCNC1CCCOC1. The molecule has 0 aromatic rings. The number of hydrogen-bond donors (Lipinski definition) is 2. The Labute approximate surface area is 79.2 Å². The summed E-state index contributed by atoms with van der Waals surface area (Å²) in [5.41, 5.74) is 0. The Kier molecular flexibility index (Phi) is 6.10. The van der Waals surface area contributed by atoms with Gasteiger partial charge in [0, 0.05) is 19.2 Å². The molecule has 78 valence electrons. The zero-order valence-corrected chi connectivity index (χ0v) is 8.00. The standard InChI is InChI=1S/C9H19NO3/c11-4-7-12-6-3-10-9-2-1-5-13-8-9/h9-11H,1-8H2. The van der Waals surface area contributed by atoms with E-state index >= 15 is 0 Å². The first-order chi connectivity index (χ1) is 6.43. The van der Waals surface area contributed by atoms with E-state index in [9.17, 15) is 0 Å². The Hall–Kier alpha value is -0.160. The summed E-state index contributed by atoms with van der Waals surface area (Å²) in [7, 11) is 0. The number of hydrogen-bond acceptors (Lipinski definition) is 4. The molecular weight excluding hydrogens is 170 g/mol. The predicted molar refractivity (Wildman–Crippen MR) is 49.7 cm³/mol. The van der Waals surface area contributed by atoms with Crippen LogP contribution in [0.15, 0.2) is 0 Å². The lowest BCUT2D eigenvalue weighted by atomic mass is 10.1. The van der Waals surface area contributed by atoms with E-state index in [0.29, 0.717) is 19.3 Å². The summed E-state index contributed by atoms with van der Waals surface area (Å²) in [5.74, 6) is 0. The van der Waals surface area contributed by atoms with Gasteiger partial charge in [-0.1, -0.05) is 0 Å². The quantitative estimate of drug-likeness (QED) is 0.566. The topological polar surface area (TPSA) is 50.7 Å². The van der Waals surface area contributed by atoms with Gasteiger partial charge in [-0.05, 0) is 12.8 Å². The maximum Gasteiger partial charge on any atom is 0.0698 e. The first kappa shape index (κ1) is 10.9. The summed E-state index contributed by atoms with van der Waals surface area (Å²) >= 11 is 0. The minimum Gasteiger partial charge on any atom is -0.394 e. The molecular formula is C9H19NO3. The molecule has 4 heteroatoms. The molecule has 4 nitrogen and oxygen atoms in total. The van der Waals surface area contributed by atoms with Crippen molar-refractivity contribution in [2.45, 2.75) is 18.9 Å². The van der Waals surface area contributed by atoms with Crippen molar-refractivity contribution >= 4 is 0 Å². The molecule has 1 saturated heterocycles. The van der Waals surface area contributed by atoms with Gasteiger partial charge in [-0.25, -0.2) is 0 Å². The van der Waals surface area contributed by atoms with Crippen LogP contribution in [0.5, 0.6) is 0 Å². The zero-order valence-electron chi connectivity index (χ0n) is 8.00. The molecule has 0 amide bonds. The molecule has 1 rings (SSSR count). The first-order valence-corrected chi connectivity index (χ1v) is 4.93. The second kappa shape index (κ2) is 7.26. The highest BCUT2D eigenvalue weighted by Crippen LogP contribution is 2.04. The van der Waals surface area contributed by atoms with E-state index in [0.717, 1.165) is 26.2 Å². The Morgan fingerprint density at radius 2 is 2.38 bits per heavy atom. The summed E-state index contributed by atoms with van der Waals surface area (Å²) in [5, 5.41) is 11.8. The Morgan fingerprint density at radius 1 is 1.46 bits per heavy atom. The normalized spacial score (nSPS) is 23.3. The molecule has 2 N–H and O–H groups in total. The van der Waals surface area contributed by atoms with Gasteiger partial charge in [0.05, 0.1) is 26.4 Å². The van der Waals surface area contributed by atoms with Crippen LogP contribution in [0.25, 0.3) is 0 Å². The van der Waals surface area contributed by atoms with Gasteiger partial charge in [0.1, 0.15) is 0 Å². The summed E-state index contributed by atoms with van der Waals surface area (Å²) in [6.07, 6.45) is 2.34. The molecule has 1 atom stereocenters. The van der Waals surface area contributed by atoms with E-state index in [1.807, 2.05) is 0 Å². The fraction of sp³-hybridized carbons (Fsp3) is 1.00. The lowest BCUT2D eigenvalue weighted by Gasteiger charge is -2.23. The van der Waals surface area contributed by atoms with Gasteiger partial charge in [-0.2, -0.15) is 0 Å². The van der Waals surface area contributed by atoms with Crippen LogP contribution in [-0.4, -0.2) is 50.7 Å². The molecule has 0 aromatic heterocycles. The fourth-order valence-corrected chi connectivity index (χ4v) is 1.40. The Morgan fingerprint density at radius 3 is 3.08 bits per heavy atom. The minimum absolute atomic E-state index is 0.104. The van der Waals surface area contributed by atoms with Gasteiger partial charge in [0.15, 0.2) is 0 Å². The third-order valence-electron chi connectivity index (χ3n) is 2.08. The maximum atomic E-state index is 8.45. The summed E-state index contributed by atoms with van der Waals surface area (Å²) < 4.78 is 10.4. The van der Waals surface area contributed by atoms with E-state index in [1.54, 1.807) is 0 Å². The van der Waals surface area contributed by atoms with E-state index in [2.05, 4.69) is 5.32 Å². The zero-order chi connectivity index (χ0) is 9.36. The van der Waals surface area contributed by atoms with Gasteiger partial charge in [0.25, 0.3) is 0 Å². The van der Waals surface area contributed by atoms with Crippen molar-refractivity contribution in [2.75, 3.05) is 39.6 Å². The molecule has 1 aliphatic heterocycles. The fourth-order valence-electron chi connectivity index (χ4n) is 1.40. The Balaban J connectivity index is 1.86. The number of ether oxygens (including phenoxy) is 2. The molecule has 0 saturated carbocycles. The average molecular weight is 189 g/mol. The first-order valence-electron chi connectivity index (χ1n) is 4.93. The number of nitrogens with one attached hydrogen (secondary N) is 1. The molecule has 0 aliphatic carbocycles. The van der Waals surface area contributed by atoms with E-state index in [4.69, 9.17) is 14.6 Å². The molecule has 0 spiro atoms. The molecule has 0 bridgehead atoms. The third-order valence-corrected chi connectivity index (χ3v) is 2.08. The smallest absolute Gasteiger partial charge is 0.0698 e. The van der Waals surface area contributed by atoms with E-state index in [-0.39, 0.29) is 6.61 Å². The highest BCUT2D eigenvalue weighted by atomic mass is 16.5. The van der Waals surface area contributed by atoms with Crippen LogP contribution in [-0.2, 0) is 9.47 Å². The van der Waals surface area contributed by atoms with Crippen LogP contribution in [0, 0.1) is 0 Å². The van der Waals surface area contributed by atoms with Gasteiger partial charge in [-0.3, -0.25) is 0 Å². The summed E-state index contributed by atoms with van der Waals surface area (Å²) in [4.78, 5) is 0. The van der Waals surface area contributed by atoms with Crippen LogP contribution in [0.3, 0.4) is 0 Å². The second-order valence-corrected chi connectivity index (χ2v) is 3.20. The molecule has 0 aromatic carbocycles. The molecule has 1 fully saturated rings. The van der Waals surface area contributed by atoms with Gasteiger partial charge < -0.3 is 19.9 Å². The van der Waals surface area contributed by atoms with Crippen molar-refractivity contribution in [3.8, 4) is 0 Å². The highest BCUT2D eigenvalue weighted by molar-refractivity contribution is 4.69. The van der Waals surface area contributed by atoms with Crippen molar-refractivity contribution < 1.29 is 14.6 Å².